The summed E-state index contributed by atoms with van der Waals surface area (Å²) in [4.78, 5) is 13.9. The van der Waals surface area contributed by atoms with Gasteiger partial charge in [0.1, 0.15) is 29.4 Å². The van der Waals surface area contributed by atoms with Crippen molar-refractivity contribution in [2.45, 2.75) is 109 Å². The van der Waals surface area contributed by atoms with Crippen molar-refractivity contribution in [3.8, 4) is 0 Å². The Kier molecular flexibility index (Phi) is 7.94. The molecule has 0 aromatic heterocycles. The van der Waals surface area contributed by atoms with Crippen LogP contribution in [0, 0.1) is 17.8 Å². The number of fused-ring (bicyclic) bond motifs is 2. The summed E-state index contributed by atoms with van der Waals surface area (Å²) in [6, 6.07) is 0. The molecule has 9 atom stereocenters. The van der Waals surface area contributed by atoms with Crippen molar-refractivity contribution < 1.29 is 34.1 Å². The van der Waals surface area contributed by atoms with Crippen LogP contribution in [0.5, 0.6) is 0 Å². The molecule has 4 heterocycles. The van der Waals surface area contributed by atoms with Crippen molar-refractivity contribution in [2.24, 2.45) is 22.9 Å². The van der Waals surface area contributed by atoms with Gasteiger partial charge in [0.2, 0.25) is 0 Å². The Balaban J connectivity index is 1.53. The van der Waals surface area contributed by atoms with E-state index in [1.807, 2.05) is 12.2 Å². The molecule has 0 amide bonds. The number of hydrogen-bond acceptors (Lipinski definition) is 8. The summed E-state index contributed by atoms with van der Waals surface area (Å²) >= 11 is 0. The molecular weight excluding hydrogens is 498 g/mol. The van der Waals surface area contributed by atoms with Crippen LogP contribution in [0.25, 0.3) is 0 Å². The number of aliphatic hydroxyl groups is 1. The predicted octanol–water partition coefficient (Wildman–Crippen LogP) is 5.00. The van der Waals surface area contributed by atoms with Gasteiger partial charge in [0.25, 0.3) is 0 Å². The minimum absolute atomic E-state index is 0.0431. The SMILES string of the molecule is CC1=C[C@H]2C(=O)O[C@H]3C[C@@H](C/C=C(\C)C[C@@H](C)C=CC=C4CO[C@H](/C1=N\O)[C@@]42O)O[C@@]1(CC[C@H](C)[C@@H](C)O1)C3. The van der Waals surface area contributed by atoms with Crippen molar-refractivity contribution in [1.29, 1.82) is 0 Å². The first kappa shape index (κ1) is 28.3. The molecule has 3 fully saturated rings. The van der Waals surface area contributed by atoms with Crippen LogP contribution in [0.4, 0.5) is 0 Å². The molecule has 3 saturated heterocycles. The van der Waals surface area contributed by atoms with E-state index >= 15 is 0 Å². The summed E-state index contributed by atoms with van der Waals surface area (Å²) in [5.74, 6) is -1.62. The number of allylic oxidation sites excluding steroid dienone is 4. The predicted molar refractivity (Wildman–Crippen MR) is 146 cm³/mol. The third-order valence-corrected chi connectivity index (χ3v) is 9.25. The summed E-state index contributed by atoms with van der Waals surface area (Å²) in [6.45, 7) is 10.4. The van der Waals surface area contributed by atoms with E-state index in [9.17, 15) is 15.1 Å². The van der Waals surface area contributed by atoms with Crippen LogP contribution in [0.1, 0.15) is 73.1 Å². The van der Waals surface area contributed by atoms with Gasteiger partial charge in [-0.2, -0.15) is 0 Å². The average molecular weight is 542 g/mol. The monoisotopic (exact) mass is 541 g/mol. The highest BCUT2D eigenvalue weighted by atomic mass is 16.7. The van der Waals surface area contributed by atoms with Gasteiger partial charge in [0.05, 0.1) is 18.8 Å². The lowest BCUT2D eigenvalue weighted by atomic mass is 9.71. The van der Waals surface area contributed by atoms with Gasteiger partial charge in [0, 0.05) is 19.3 Å². The molecule has 1 aliphatic carbocycles. The minimum atomic E-state index is -1.72. The topological polar surface area (TPSA) is 107 Å². The molecule has 2 N–H and O–H groups in total. The molecule has 0 aromatic carbocycles. The number of ether oxygens (including phenoxy) is 4. The quantitative estimate of drug-likeness (QED) is 0.192. The van der Waals surface area contributed by atoms with Crippen molar-refractivity contribution in [1.82, 2.24) is 0 Å². The van der Waals surface area contributed by atoms with E-state index in [2.05, 4.69) is 45.0 Å². The third-order valence-electron chi connectivity index (χ3n) is 9.25. The zero-order chi connectivity index (χ0) is 27.9. The second kappa shape index (κ2) is 11.0. The number of oxime groups is 1. The Morgan fingerprint density at radius 3 is 2.67 bits per heavy atom. The summed E-state index contributed by atoms with van der Waals surface area (Å²) in [7, 11) is 0. The van der Waals surface area contributed by atoms with Crippen LogP contribution in [0.2, 0.25) is 0 Å². The van der Waals surface area contributed by atoms with Gasteiger partial charge in [-0.25, -0.2) is 0 Å². The van der Waals surface area contributed by atoms with Crippen molar-refractivity contribution >= 4 is 11.7 Å². The lowest BCUT2D eigenvalue weighted by Crippen LogP contribution is -2.57. The molecule has 0 saturated carbocycles. The van der Waals surface area contributed by atoms with Gasteiger partial charge < -0.3 is 29.3 Å². The van der Waals surface area contributed by atoms with Crippen LogP contribution >= 0.6 is 0 Å². The Labute approximate surface area is 231 Å². The number of carbonyl (C=O) groups excluding carboxylic acids is 1. The number of hydrogen-bond donors (Lipinski definition) is 2. The molecular formula is C31H43NO7. The standard InChI is InChI=1S/C31H43NO7/c1-18-7-6-8-23-17-36-28-27(32-35)21(4)14-26(31(23,28)34)29(33)37-25-15-24(10-9-19(2)13-18)39-30(16-25)12-11-20(3)22(5)38-30/h6-9,14,18,20,22,24-26,28,34-35H,10-13,15-17H2,1-5H3/b7-6?,19-9+,23-8?,32-27-/t18-,20-,22+,24+,25-,26-,28+,30-,31+/m0/s1. The van der Waals surface area contributed by atoms with Gasteiger partial charge in [-0.3, -0.25) is 4.79 Å². The summed E-state index contributed by atoms with van der Waals surface area (Å²) < 4.78 is 25.3. The van der Waals surface area contributed by atoms with Gasteiger partial charge >= 0.3 is 5.97 Å². The van der Waals surface area contributed by atoms with E-state index in [-0.39, 0.29) is 30.4 Å². The molecule has 5 aliphatic rings. The minimum Gasteiger partial charge on any atom is -0.462 e. The molecule has 1 spiro atoms. The Morgan fingerprint density at radius 2 is 1.92 bits per heavy atom. The Morgan fingerprint density at radius 1 is 1.13 bits per heavy atom. The fourth-order valence-electron chi connectivity index (χ4n) is 6.85. The van der Waals surface area contributed by atoms with E-state index < -0.39 is 35.5 Å². The normalized spacial score (nSPS) is 45.7. The van der Waals surface area contributed by atoms with Crippen LogP contribution < -0.4 is 0 Å². The van der Waals surface area contributed by atoms with Crippen LogP contribution in [0.15, 0.2) is 52.3 Å². The number of nitrogens with zero attached hydrogens (tertiary/aromatic N) is 1. The van der Waals surface area contributed by atoms with Crippen LogP contribution in [0.3, 0.4) is 0 Å². The summed E-state index contributed by atoms with van der Waals surface area (Å²) in [5, 5.41) is 25.2. The van der Waals surface area contributed by atoms with Gasteiger partial charge in [0.15, 0.2) is 5.79 Å². The molecule has 5 rings (SSSR count). The largest absolute Gasteiger partial charge is 0.462 e. The molecule has 2 bridgehead atoms. The van der Waals surface area contributed by atoms with Gasteiger partial charge in [-0.15, -0.1) is 0 Å². The molecule has 0 unspecified atom stereocenters. The van der Waals surface area contributed by atoms with Crippen molar-refractivity contribution in [3.05, 3.63) is 47.1 Å². The van der Waals surface area contributed by atoms with Gasteiger partial charge in [-0.1, -0.05) is 55.0 Å². The van der Waals surface area contributed by atoms with Crippen LogP contribution in [-0.4, -0.2) is 64.4 Å². The maximum atomic E-state index is 13.9. The fourth-order valence-corrected chi connectivity index (χ4v) is 6.85. The maximum absolute atomic E-state index is 13.9. The fraction of sp³-hybridized carbons (Fsp3) is 0.677. The number of esters is 1. The Bertz CT molecular complexity index is 1120. The lowest BCUT2D eigenvalue weighted by molar-refractivity contribution is -0.332. The number of carbonyl (C=O) groups is 1. The third kappa shape index (κ3) is 5.41. The van der Waals surface area contributed by atoms with Crippen LogP contribution in [-0.2, 0) is 23.7 Å². The summed E-state index contributed by atoms with van der Waals surface area (Å²) in [5.41, 5.74) is 0.916. The highest BCUT2D eigenvalue weighted by Crippen LogP contribution is 2.46. The number of rotatable bonds is 0. The van der Waals surface area contributed by atoms with E-state index in [4.69, 9.17) is 18.9 Å². The highest BCUT2D eigenvalue weighted by Gasteiger charge is 2.59. The highest BCUT2D eigenvalue weighted by molar-refractivity contribution is 6.06. The van der Waals surface area contributed by atoms with E-state index in [1.165, 1.54) is 5.57 Å². The zero-order valence-corrected chi connectivity index (χ0v) is 23.8. The van der Waals surface area contributed by atoms with E-state index in [0.717, 1.165) is 19.3 Å². The molecule has 214 valence electrons. The van der Waals surface area contributed by atoms with Crippen molar-refractivity contribution in [3.63, 3.8) is 0 Å². The van der Waals surface area contributed by atoms with Crippen molar-refractivity contribution in [2.75, 3.05) is 6.61 Å². The molecule has 8 nitrogen and oxygen atoms in total. The molecule has 4 aliphatic heterocycles. The second-order valence-electron chi connectivity index (χ2n) is 12.4. The maximum Gasteiger partial charge on any atom is 0.316 e. The van der Waals surface area contributed by atoms with Gasteiger partial charge in [-0.05, 0) is 63.0 Å². The molecule has 39 heavy (non-hydrogen) atoms. The van der Waals surface area contributed by atoms with E-state index in [1.54, 1.807) is 13.0 Å². The average Bonchev–Trinajstić information content (AvgIpc) is 3.21. The lowest BCUT2D eigenvalue weighted by Gasteiger charge is -2.49. The zero-order valence-electron chi connectivity index (χ0n) is 23.8. The Hall–Kier alpha value is -2.26. The molecule has 8 heteroatoms. The van der Waals surface area contributed by atoms with E-state index in [0.29, 0.717) is 36.3 Å². The first-order chi connectivity index (χ1) is 18.5. The molecule has 0 aromatic rings. The second-order valence-corrected chi connectivity index (χ2v) is 12.4. The first-order valence-corrected chi connectivity index (χ1v) is 14.4. The molecule has 0 radical (unpaired) electrons. The summed E-state index contributed by atoms with van der Waals surface area (Å²) in [6.07, 6.45) is 12.6. The first-order valence-electron chi connectivity index (χ1n) is 14.4. The smallest absolute Gasteiger partial charge is 0.316 e.